The Kier molecular flexibility index (Phi) is 3.05. The van der Waals surface area contributed by atoms with Gasteiger partial charge < -0.3 is 9.97 Å². The number of aryl methyl sites for hydroxylation is 1. The first kappa shape index (κ1) is 15.7. The van der Waals surface area contributed by atoms with Crippen molar-refractivity contribution >= 4 is 40.0 Å². The molecule has 0 aliphatic heterocycles. The molecule has 0 saturated heterocycles. The second kappa shape index (κ2) is 5.03. The second-order valence-corrected chi connectivity index (χ2v) is 9.22. The van der Waals surface area contributed by atoms with Crippen LogP contribution in [0, 0.1) is 10.8 Å². The number of aromatic nitrogens is 2. The third kappa shape index (κ3) is 2.39. The van der Waals surface area contributed by atoms with Crippen LogP contribution in [0.1, 0.15) is 56.6 Å². The molecule has 2 N–H and O–H groups in total. The van der Waals surface area contributed by atoms with Gasteiger partial charge >= 0.3 is 0 Å². The van der Waals surface area contributed by atoms with Crippen LogP contribution in [-0.2, 0) is 6.42 Å². The lowest BCUT2D eigenvalue weighted by molar-refractivity contribution is 0.441. The highest BCUT2D eigenvalue weighted by atomic mass is 14.7. The van der Waals surface area contributed by atoms with Crippen molar-refractivity contribution < 1.29 is 0 Å². The Labute approximate surface area is 154 Å². The maximum Gasteiger partial charge on any atom is 0.0472 e. The highest BCUT2D eigenvalue weighted by molar-refractivity contribution is 6.04. The smallest absolute Gasteiger partial charge is 0.0472 e. The predicted molar refractivity (Wildman–Crippen MR) is 113 cm³/mol. The van der Waals surface area contributed by atoms with Gasteiger partial charge in [-0.1, -0.05) is 58.1 Å². The third-order valence-corrected chi connectivity index (χ3v) is 5.99. The van der Waals surface area contributed by atoms with Gasteiger partial charge in [0.25, 0.3) is 0 Å². The second-order valence-electron chi connectivity index (χ2n) is 9.22. The van der Waals surface area contributed by atoms with Crippen molar-refractivity contribution in [3.05, 3.63) is 52.9 Å². The number of benzene rings is 1. The number of allylic oxidation sites excluding steroid dienone is 3. The molecule has 3 aromatic rings. The number of hydrogen-bond acceptors (Lipinski definition) is 0. The standard InChI is InChI=1S/C24H26N2/c1-23(2)9-5-15-17-13-22-18(14-21(17)25-19(15)7-11-23)16-6-10-24(3,4)12-8-20(16)26-22/h5-7,9-11,13-14,25-26H,8,12H2,1-4H3. The van der Waals surface area contributed by atoms with Crippen LogP contribution >= 0.6 is 0 Å². The van der Waals surface area contributed by atoms with Crippen LogP contribution in [0.25, 0.3) is 40.0 Å². The van der Waals surface area contributed by atoms with Gasteiger partial charge in [0, 0.05) is 49.7 Å². The SMILES string of the molecule is CC1(C)C=Cc2[nH]c3cc4c5c([nH]c4cc3c2C=C1)CCC(C)(C)C=C5. The molecular formula is C24H26N2. The summed E-state index contributed by atoms with van der Waals surface area (Å²) in [4.78, 5) is 7.35. The minimum Gasteiger partial charge on any atom is -0.358 e. The number of H-pyrrole nitrogens is 2. The average Bonchev–Trinajstić information content (AvgIpc) is 2.99. The first-order valence-corrected chi connectivity index (χ1v) is 9.59. The number of aromatic amines is 2. The van der Waals surface area contributed by atoms with E-state index in [1.165, 1.54) is 50.7 Å². The maximum absolute atomic E-state index is 3.71. The van der Waals surface area contributed by atoms with Gasteiger partial charge in [0.1, 0.15) is 0 Å². The van der Waals surface area contributed by atoms with E-state index in [9.17, 15) is 0 Å². The van der Waals surface area contributed by atoms with Crippen LogP contribution in [0.2, 0.25) is 0 Å². The van der Waals surface area contributed by atoms with Crippen LogP contribution in [0.4, 0.5) is 0 Å². The van der Waals surface area contributed by atoms with Crippen molar-refractivity contribution in [3.63, 3.8) is 0 Å². The highest BCUT2D eigenvalue weighted by Gasteiger charge is 2.22. The van der Waals surface area contributed by atoms with E-state index in [1.807, 2.05) is 0 Å². The molecule has 5 rings (SSSR count). The van der Waals surface area contributed by atoms with Gasteiger partial charge in [0.15, 0.2) is 0 Å². The molecule has 2 heteroatoms. The van der Waals surface area contributed by atoms with Crippen LogP contribution in [0.5, 0.6) is 0 Å². The lowest BCUT2D eigenvalue weighted by Crippen LogP contribution is -2.07. The summed E-state index contributed by atoms with van der Waals surface area (Å²) >= 11 is 0. The summed E-state index contributed by atoms with van der Waals surface area (Å²) in [5.41, 5.74) is 8.06. The van der Waals surface area contributed by atoms with E-state index in [4.69, 9.17) is 0 Å². The molecule has 2 aromatic heterocycles. The summed E-state index contributed by atoms with van der Waals surface area (Å²) in [5, 5.41) is 2.62. The molecule has 26 heavy (non-hydrogen) atoms. The molecule has 132 valence electrons. The van der Waals surface area contributed by atoms with Gasteiger partial charge in [-0.3, -0.25) is 0 Å². The normalized spacial score (nSPS) is 20.2. The first-order chi connectivity index (χ1) is 12.3. The topological polar surface area (TPSA) is 31.6 Å². The summed E-state index contributed by atoms with van der Waals surface area (Å²) in [5.74, 6) is 0. The molecule has 2 nitrogen and oxygen atoms in total. The molecule has 0 amide bonds. The molecule has 2 aliphatic carbocycles. The van der Waals surface area contributed by atoms with Crippen molar-refractivity contribution in [2.75, 3.05) is 0 Å². The van der Waals surface area contributed by atoms with E-state index in [0.29, 0.717) is 0 Å². The van der Waals surface area contributed by atoms with E-state index in [1.54, 1.807) is 0 Å². The van der Waals surface area contributed by atoms with Gasteiger partial charge in [-0.25, -0.2) is 0 Å². The quantitative estimate of drug-likeness (QED) is 0.455. The lowest BCUT2D eigenvalue weighted by atomic mass is 9.88. The minimum atomic E-state index is 0.0949. The zero-order chi connectivity index (χ0) is 18.1. The Hall–Kier alpha value is -2.48. The fourth-order valence-corrected chi connectivity index (χ4v) is 4.19. The average molecular weight is 342 g/mol. The highest BCUT2D eigenvalue weighted by Crippen LogP contribution is 2.38. The Bertz CT molecular complexity index is 1130. The van der Waals surface area contributed by atoms with Crippen molar-refractivity contribution in [2.24, 2.45) is 10.8 Å². The van der Waals surface area contributed by atoms with Crippen molar-refractivity contribution in [1.82, 2.24) is 9.97 Å². The molecule has 0 saturated carbocycles. The summed E-state index contributed by atoms with van der Waals surface area (Å²) in [7, 11) is 0. The monoisotopic (exact) mass is 342 g/mol. The Morgan fingerprint density at radius 3 is 2.23 bits per heavy atom. The van der Waals surface area contributed by atoms with E-state index in [0.717, 1.165) is 6.42 Å². The van der Waals surface area contributed by atoms with Gasteiger partial charge in [-0.2, -0.15) is 0 Å². The molecule has 2 heterocycles. The first-order valence-electron chi connectivity index (χ1n) is 9.59. The van der Waals surface area contributed by atoms with Gasteiger partial charge in [0.2, 0.25) is 0 Å². The zero-order valence-electron chi connectivity index (χ0n) is 16.0. The van der Waals surface area contributed by atoms with E-state index < -0.39 is 0 Å². The van der Waals surface area contributed by atoms with Crippen molar-refractivity contribution in [1.29, 1.82) is 0 Å². The molecule has 0 spiro atoms. The van der Waals surface area contributed by atoms with Crippen molar-refractivity contribution in [3.8, 4) is 0 Å². The zero-order valence-corrected chi connectivity index (χ0v) is 16.0. The Balaban J connectivity index is 1.74. The van der Waals surface area contributed by atoms with Gasteiger partial charge in [-0.05, 0) is 36.5 Å². The van der Waals surface area contributed by atoms with Crippen LogP contribution in [-0.4, -0.2) is 9.97 Å². The van der Waals surface area contributed by atoms with Crippen molar-refractivity contribution in [2.45, 2.75) is 40.5 Å². The van der Waals surface area contributed by atoms with E-state index in [-0.39, 0.29) is 10.8 Å². The van der Waals surface area contributed by atoms with Gasteiger partial charge in [-0.15, -0.1) is 0 Å². The molecule has 2 aliphatic rings. The molecule has 0 atom stereocenters. The largest absolute Gasteiger partial charge is 0.358 e. The summed E-state index contributed by atoms with van der Waals surface area (Å²) < 4.78 is 0. The summed E-state index contributed by atoms with van der Waals surface area (Å²) in [6.45, 7) is 9.11. The Morgan fingerprint density at radius 2 is 1.42 bits per heavy atom. The summed E-state index contributed by atoms with van der Waals surface area (Å²) in [6.07, 6.45) is 16.0. The van der Waals surface area contributed by atoms with E-state index >= 15 is 0 Å². The molecular weight excluding hydrogens is 316 g/mol. The predicted octanol–water partition coefficient (Wildman–Crippen LogP) is 6.70. The van der Waals surface area contributed by atoms with Crippen LogP contribution < -0.4 is 0 Å². The maximum atomic E-state index is 3.71. The minimum absolute atomic E-state index is 0.0949. The fourth-order valence-electron chi connectivity index (χ4n) is 4.19. The number of hydrogen-bond donors (Lipinski definition) is 2. The number of fused-ring (bicyclic) bond motifs is 6. The Morgan fingerprint density at radius 1 is 0.769 bits per heavy atom. The molecule has 0 fully saturated rings. The number of nitrogens with one attached hydrogen (secondary N) is 2. The molecule has 0 unspecified atom stereocenters. The van der Waals surface area contributed by atoms with Crippen LogP contribution in [0.3, 0.4) is 0 Å². The lowest BCUT2D eigenvalue weighted by Gasteiger charge is -2.17. The van der Waals surface area contributed by atoms with Gasteiger partial charge in [0.05, 0.1) is 0 Å². The molecule has 1 aromatic carbocycles. The fraction of sp³-hybridized carbons (Fsp3) is 0.333. The third-order valence-electron chi connectivity index (χ3n) is 5.99. The van der Waals surface area contributed by atoms with Crippen LogP contribution in [0.15, 0.2) is 30.4 Å². The molecule has 0 bridgehead atoms. The summed E-state index contributed by atoms with van der Waals surface area (Å²) in [6, 6.07) is 4.65. The molecule has 0 radical (unpaired) electrons. The van der Waals surface area contributed by atoms with E-state index in [2.05, 4.69) is 86.3 Å². The number of rotatable bonds is 0.